The second-order valence-corrected chi connectivity index (χ2v) is 9.08. The van der Waals surface area contributed by atoms with Gasteiger partial charge < -0.3 is 15.0 Å². The van der Waals surface area contributed by atoms with Gasteiger partial charge in [0.25, 0.3) is 0 Å². The van der Waals surface area contributed by atoms with Gasteiger partial charge in [0.05, 0.1) is 5.41 Å². The maximum Gasteiger partial charge on any atom is 0.309 e. The fraction of sp³-hybridized carbons (Fsp3) is 0.524. The average Bonchev–Trinajstić information content (AvgIpc) is 3.05. The van der Waals surface area contributed by atoms with E-state index in [1.807, 2.05) is 36.2 Å². The lowest BCUT2D eigenvalue weighted by Crippen LogP contribution is -2.66. The molecule has 2 atom stereocenters. The highest BCUT2D eigenvalue weighted by atomic mass is 79.9. The van der Waals surface area contributed by atoms with Gasteiger partial charge in [-0.15, -0.1) is 0 Å². The fourth-order valence-electron chi connectivity index (χ4n) is 5.09. The van der Waals surface area contributed by atoms with Gasteiger partial charge in [0, 0.05) is 40.1 Å². The zero-order chi connectivity index (χ0) is 19.3. The van der Waals surface area contributed by atoms with Crippen LogP contribution in [0.1, 0.15) is 57.4 Å². The monoisotopic (exact) mass is 432 g/mol. The summed E-state index contributed by atoms with van der Waals surface area (Å²) >= 11 is 3.62. The lowest BCUT2D eigenvalue weighted by Gasteiger charge is -2.58. The number of amides is 1. The van der Waals surface area contributed by atoms with Crippen molar-refractivity contribution >= 4 is 38.7 Å². The molecule has 27 heavy (non-hydrogen) atoms. The van der Waals surface area contributed by atoms with Crippen molar-refractivity contribution in [2.45, 2.75) is 64.0 Å². The molecule has 1 amide bonds. The van der Waals surface area contributed by atoms with Crippen molar-refractivity contribution in [2.75, 3.05) is 0 Å². The summed E-state index contributed by atoms with van der Waals surface area (Å²) in [5, 5.41) is 10.7. The largest absolute Gasteiger partial charge is 0.481 e. The Morgan fingerprint density at radius 2 is 2.11 bits per heavy atom. The maximum atomic E-state index is 13.2. The molecule has 5 nitrogen and oxygen atoms in total. The molecule has 2 aliphatic heterocycles. The highest BCUT2D eigenvalue weighted by molar-refractivity contribution is 9.10. The molecule has 144 valence electrons. The summed E-state index contributed by atoms with van der Waals surface area (Å²) in [5.74, 6) is -0.450. The van der Waals surface area contributed by atoms with Crippen LogP contribution in [0.5, 0.6) is 0 Å². The third-order valence-corrected chi connectivity index (χ3v) is 7.24. The van der Waals surface area contributed by atoms with Gasteiger partial charge >= 0.3 is 5.97 Å². The Bertz CT molecular complexity index is 900. The van der Waals surface area contributed by atoms with Crippen molar-refractivity contribution < 1.29 is 14.7 Å². The number of hydrogen-bond acceptors (Lipinski definition) is 2. The van der Waals surface area contributed by atoms with Crippen molar-refractivity contribution in [2.24, 2.45) is 5.41 Å². The van der Waals surface area contributed by atoms with Crippen LogP contribution in [0.3, 0.4) is 0 Å². The molecular weight excluding hydrogens is 408 g/mol. The molecule has 6 heteroatoms. The number of halogens is 1. The predicted molar refractivity (Wildman–Crippen MR) is 108 cm³/mol. The first-order valence-corrected chi connectivity index (χ1v) is 10.5. The van der Waals surface area contributed by atoms with Crippen LogP contribution in [-0.4, -0.2) is 39.0 Å². The Balaban J connectivity index is 1.53. The van der Waals surface area contributed by atoms with Gasteiger partial charge in [-0.25, -0.2) is 0 Å². The molecule has 1 aromatic carbocycles. The minimum absolute atomic E-state index is 0.0444. The Hall–Kier alpha value is -1.82. The number of benzene rings is 1. The number of aromatic amines is 1. The average molecular weight is 433 g/mol. The van der Waals surface area contributed by atoms with Gasteiger partial charge in [-0.2, -0.15) is 0 Å². The van der Waals surface area contributed by atoms with Crippen molar-refractivity contribution in [3.8, 4) is 0 Å². The molecular formula is C21H25BrN2O3. The lowest BCUT2D eigenvalue weighted by atomic mass is 9.57. The van der Waals surface area contributed by atoms with E-state index < -0.39 is 11.4 Å². The molecule has 1 aliphatic carbocycles. The second-order valence-electron chi connectivity index (χ2n) is 8.23. The number of carboxylic acid groups (broad SMARTS) is 1. The number of carbonyl (C=O) groups is 2. The Morgan fingerprint density at radius 3 is 2.78 bits per heavy atom. The lowest BCUT2D eigenvalue weighted by molar-refractivity contribution is -0.181. The van der Waals surface area contributed by atoms with Crippen LogP contribution in [0.25, 0.3) is 10.9 Å². The van der Waals surface area contributed by atoms with Gasteiger partial charge in [-0.3, -0.25) is 9.59 Å². The van der Waals surface area contributed by atoms with Gasteiger partial charge in [-0.05, 0) is 49.3 Å². The van der Waals surface area contributed by atoms with Crippen LogP contribution in [0, 0.1) is 5.41 Å². The van der Waals surface area contributed by atoms with Gasteiger partial charge in [0.15, 0.2) is 0 Å². The normalized spacial score (nSPS) is 28.0. The molecule has 2 saturated heterocycles. The van der Waals surface area contributed by atoms with Crippen molar-refractivity contribution in [3.05, 3.63) is 34.4 Å². The van der Waals surface area contributed by atoms with E-state index in [9.17, 15) is 14.7 Å². The summed E-state index contributed by atoms with van der Waals surface area (Å²) in [6.45, 7) is 4.14. The van der Waals surface area contributed by atoms with Crippen LogP contribution in [0.4, 0.5) is 0 Å². The number of rotatable bonds is 5. The number of nitrogens with zero attached hydrogens (tertiary/aromatic N) is 1. The molecule has 3 aliphatic rings. The van der Waals surface area contributed by atoms with Gasteiger partial charge in [-0.1, -0.05) is 35.8 Å². The summed E-state index contributed by atoms with van der Waals surface area (Å²) in [6.07, 6.45) is 5.06. The molecule has 0 spiro atoms. The summed E-state index contributed by atoms with van der Waals surface area (Å²) in [7, 11) is 0. The molecule has 0 radical (unpaired) electrons. The smallest absolute Gasteiger partial charge is 0.309 e. The van der Waals surface area contributed by atoms with Gasteiger partial charge in [0.2, 0.25) is 5.91 Å². The van der Waals surface area contributed by atoms with E-state index in [2.05, 4.69) is 27.8 Å². The standard InChI is InChI=1S/C21H25BrN2O3/c1-3-13-8-21(20(26)27)9-14(10-21)24(13)18(25)7-12(2)15-11-23-17-6-4-5-16(22)19(15)17/h4-6,11-14,23H,3,7-10H2,1-2H3,(H,26,27). The summed E-state index contributed by atoms with van der Waals surface area (Å²) in [5.41, 5.74) is 1.62. The number of nitrogens with one attached hydrogen (secondary N) is 1. The Labute approximate surface area is 167 Å². The number of piperidine rings is 2. The fourth-order valence-corrected chi connectivity index (χ4v) is 5.69. The van der Waals surface area contributed by atoms with E-state index in [1.165, 1.54) is 0 Å². The van der Waals surface area contributed by atoms with Gasteiger partial charge in [0.1, 0.15) is 0 Å². The Kier molecular flexibility index (Phi) is 4.57. The van der Waals surface area contributed by atoms with Crippen LogP contribution in [-0.2, 0) is 9.59 Å². The van der Waals surface area contributed by atoms with Crippen molar-refractivity contribution in [1.29, 1.82) is 0 Å². The first-order valence-electron chi connectivity index (χ1n) is 9.66. The van der Waals surface area contributed by atoms with Crippen LogP contribution in [0.15, 0.2) is 28.9 Å². The SMILES string of the molecule is CCC1CC2(C(=O)O)CC(C2)N1C(=O)CC(C)c1c[nH]c2cccc(Br)c12. The second kappa shape index (κ2) is 6.66. The molecule has 1 saturated carbocycles. The summed E-state index contributed by atoms with van der Waals surface area (Å²) < 4.78 is 1.03. The molecule has 3 fully saturated rings. The minimum atomic E-state index is -0.693. The molecule has 2 N–H and O–H groups in total. The molecule has 3 heterocycles. The zero-order valence-corrected chi connectivity index (χ0v) is 17.3. The highest BCUT2D eigenvalue weighted by Crippen LogP contribution is 2.54. The Morgan fingerprint density at radius 1 is 1.37 bits per heavy atom. The number of hydrogen-bond donors (Lipinski definition) is 2. The van der Waals surface area contributed by atoms with E-state index in [0.717, 1.165) is 27.4 Å². The molecule has 2 unspecified atom stereocenters. The van der Waals surface area contributed by atoms with Crippen LogP contribution in [0.2, 0.25) is 0 Å². The van der Waals surface area contributed by atoms with E-state index in [-0.39, 0.29) is 23.9 Å². The zero-order valence-electron chi connectivity index (χ0n) is 15.7. The number of fused-ring (bicyclic) bond motifs is 3. The van der Waals surface area contributed by atoms with E-state index in [0.29, 0.717) is 25.7 Å². The first kappa shape index (κ1) is 18.5. The van der Waals surface area contributed by atoms with E-state index >= 15 is 0 Å². The number of H-pyrrole nitrogens is 1. The molecule has 2 aromatic rings. The summed E-state index contributed by atoms with van der Waals surface area (Å²) in [6, 6.07) is 6.19. The first-order chi connectivity index (χ1) is 12.9. The minimum Gasteiger partial charge on any atom is -0.481 e. The maximum absolute atomic E-state index is 13.2. The third-order valence-electron chi connectivity index (χ3n) is 6.58. The number of aromatic nitrogens is 1. The third kappa shape index (κ3) is 2.89. The summed E-state index contributed by atoms with van der Waals surface area (Å²) in [4.78, 5) is 30.1. The van der Waals surface area contributed by atoms with Crippen molar-refractivity contribution in [1.82, 2.24) is 9.88 Å². The topological polar surface area (TPSA) is 73.4 Å². The molecule has 2 bridgehead atoms. The number of carboxylic acids is 1. The quantitative estimate of drug-likeness (QED) is 0.720. The van der Waals surface area contributed by atoms with Crippen LogP contribution < -0.4 is 0 Å². The molecule has 5 rings (SSSR count). The highest BCUT2D eigenvalue weighted by Gasteiger charge is 2.59. The van der Waals surface area contributed by atoms with Crippen LogP contribution >= 0.6 is 15.9 Å². The predicted octanol–water partition coefficient (Wildman–Crippen LogP) is 4.67. The molecule has 1 aromatic heterocycles. The number of carbonyl (C=O) groups excluding carboxylic acids is 1. The van der Waals surface area contributed by atoms with Crippen molar-refractivity contribution in [3.63, 3.8) is 0 Å². The number of aliphatic carboxylic acids is 1. The van der Waals surface area contributed by atoms with E-state index in [1.54, 1.807) is 0 Å². The van der Waals surface area contributed by atoms with E-state index in [4.69, 9.17) is 0 Å².